The summed E-state index contributed by atoms with van der Waals surface area (Å²) in [5, 5.41) is 11.4. The van der Waals surface area contributed by atoms with E-state index in [1.807, 2.05) is 0 Å². The normalized spacial score (nSPS) is 19.2. The second-order valence-corrected chi connectivity index (χ2v) is 12.3. The van der Waals surface area contributed by atoms with Gasteiger partial charge in [-0.1, -0.05) is 39.0 Å². The summed E-state index contributed by atoms with van der Waals surface area (Å²) >= 11 is 5.35. The zero-order valence-electron chi connectivity index (χ0n) is 21.7. The van der Waals surface area contributed by atoms with E-state index in [4.69, 9.17) is 9.47 Å². The number of halogens is 1. The maximum atomic E-state index is 13.5. The van der Waals surface area contributed by atoms with Crippen LogP contribution in [-0.2, 0) is 23.9 Å². The van der Waals surface area contributed by atoms with Gasteiger partial charge in [0.15, 0.2) is 6.61 Å². The van der Waals surface area contributed by atoms with Gasteiger partial charge >= 0.3 is 16.8 Å². The van der Waals surface area contributed by atoms with E-state index in [2.05, 4.69) is 26.2 Å². The van der Waals surface area contributed by atoms with Crippen LogP contribution in [-0.4, -0.2) is 69.7 Å². The molecule has 218 valence electrons. The van der Waals surface area contributed by atoms with Crippen LogP contribution in [0.5, 0.6) is 5.75 Å². The molecule has 5 rings (SSSR count). The molecule has 15 heteroatoms. The third-order valence-corrected chi connectivity index (χ3v) is 9.45. The van der Waals surface area contributed by atoms with Gasteiger partial charge in [-0.3, -0.25) is 28.9 Å². The summed E-state index contributed by atoms with van der Waals surface area (Å²) in [5.74, 6) is -5.19. The number of likely N-dealkylation sites (tertiary alicyclic amines) is 1. The quantitative estimate of drug-likeness (QED) is 0.226. The lowest BCUT2D eigenvalue weighted by Crippen LogP contribution is -2.36. The number of fused-ring (bicyclic) bond motifs is 2. The van der Waals surface area contributed by atoms with Crippen molar-refractivity contribution in [3.05, 3.63) is 72.6 Å². The summed E-state index contributed by atoms with van der Waals surface area (Å²) in [6.45, 7) is 0.749. The first-order chi connectivity index (χ1) is 20.1. The lowest BCUT2D eigenvalue weighted by atomic mass is 9.82. The third kappa shape index (κ3) is 5.84. The van der Waals surface area contributed by atoms with Gasteiger partial charge in [-0.05, 0) is 49.4 Å². The van der Waals surface area contributed by atoms with E-state index in [0.717, 1.165) is 28.0 Å². The van der Waals surface area contributed by atoms with Crippen molar-refractivity contribution in [1.29, 1.82) is 0 Å². The Morgan fingerprint density at radius 2 is 1.83 bits per heavy atom. The predicted octanol–water partition coefficient (Wildman–Crippen LogP) is 3.07. The fourth-order valence-electron chi connectivity index (χ4n) is 4.84. The number of amides is 3. The Bertz CT molecular complexity index is 1650. The second-order valence-electron chi connectivity index (χ2n) is 9.22. The molecule has 2 unspecified atom stereocenters. The number of carbonyl (C=O) groups is 5. The molecule has 1 saturated heterocycles. The van der Waals surface area contributed by atoms with Gasteiger partial charge in [0.25, 0.3) is 5.91 Å². The Morgan fingerprint density at radius 3 is 2.52 bits per heavy atom. The number of carbonyl (C=O) groups excluding carboxylic acids is 4. The number of rotatable bonds is 9. The minimum atomic E-state index is -1.33. The van der Waals surface area contributed by atoms with Crippen molar-refractivity contribution in [3.63, 3.8) is 0 Å². The van der Waals surface area contributed by atoms with Gasteiger partial charge in [0, 0.05) is 26.5 Å². The van der Waals surface area contributed by atoms with E-state index >= 15 is 0 Å². The highest BCUT2D eigenvalue weighted by atomic mass is 79.9. The summed E-state index contributed by atoms with van der Waals surface area (Å²) < 4.78 is 11.5. The number of ether oxygens (including phenoxy) is 2. The molecule has 3 amide bonds. The molecule has 1 aromatic heterocycles. The van der Waals surface area contributed by atoms with Crippen LogP contribution in [0, 0.1) is 5.92 Å². The van der Waals surface area contributed by atoms with E-state index in [1.54, 1.807) is 37.3 Å². The molecule has 12 nitrogen and oxygen atoms in total. The van der Waals surface area contributed by atoms with Gasteiger partial charge in [0.1, 0.15) is 17.5 Å². The number of aromatic nitrogens is 1. The van der Waals surface area contributed by atoms with Crippen molar-refractivity contribution in [3.8, 4) is 5.75 Å². The molecule has 0 spiro atoms. The number of esters is 1. The van der Waals surface area contributed by atoms with Gasteiger partial charge in [-0.25, -0.2) is 4.79 Å². The number of aromatic amines is 1. The Hall–Kier alpha value is -3.95. The smallest absolute Gasteiger partial charge is 0.338 e. The molecule has 2 aromatic carbocycles. The number of hydrogen-bond donors (Lipinski definition) is 3. The monoisotopic (exact) mass is 675 g/mol. The highest BCUT2D eigenvalue weighted by molar-refractivity contribution is 9.10. The number of anilines is 1. The standard InChI is InChI=1S/C27H22BrN3O9S2/c1-2-39-26(37)12-3-6-14(7-4-12)29-17(32)11-40-16-8-5-13(28)9-15(16)19-20-22(41-23-21(19)42-27(38)30-23)25(36)31(24(20)35)10-18(33)34/h3-9,19-20,22H,2,10-11H2,1H3,(H,29,32)(H,30,38)(H,33,34)/t19-,20?,22?/m0/s1. The molecular weight excluding hydrogens is 654 g/mol. The molecule has 3 N–H and O–H groups in total. The number of nitrogens with one attached hydrogen (secondary N) is 2. The third-order valence-electron chi connectivity index (χ3n) is 6.55. The Balaban J connectivity index is 1.41. The molecule has 42 heavy (non-hydrogen) atoms. The zero-order chi connectivity index (χ0) is 30.1. The zero-order valence-corrected chi connectivity index (χ0v) is 25.0. The fourth-order valence-corrected chi connectivity index (χ4v) is 7.75. The first-order valence-corrected chi connectivity index (χ1v) is 15.0. The van der Waals surface area contributed by atoms with Gasteiger partial charge in [-0.15, -0.1) is 0 Å². The van der Waals surface area contributed by atoms with Crippen LogP contribution >= 0.6 is 39.0 Å². The van der Waals surface area contributed by atoms with Crippen LogP contribution in [0.2, 0.25) is 0 Å². The molecule has 2 aliphatic rings. The van der Waals surface area contributed by atoms with Crippen molar-refractivity contribution < 1.29 is 38.6 Å². The summed E-state index contributed by atoms with van der Waals surface area (Å²) in [4.78, 5) is 78.5. The van der Waals surface area contributed by atoms with Gasteiger partial charge in [0.2, 0.25) is 11.8 Å². The lowest BCUT2D eigenvalue weighted by molar-refractivity contribution is -0.149. The Kier molecular flexibility index (Phi) is 8.52. The number of nitrogens with zero attached hydrogens (tertiary/aromatic N) is 1. The van der Waals surface area contributed by atoms with E-state index in [1.165, 1.54) is 12.1 Å². The number of imide groups is 1. The molecule has 3 atom stereocenters. The van der Waals surface area contributed by atoms with E-state index in [-0.39, 0.29) is 17.2 Å². The Labute approximate surface area is 254 Å². The minimum absolute atomic E-state index is 0.239. The van der Waals surface area contributed by atoms with Gasteiger partial charge < -0.3 is 24.9 Å². The predicted molar refractivity (Wildman–Crippen MR) is 155 cm³/mol. The molecular formula is C27H22BrN3O9S2. The number of thioether (sulfide) groups is 1. The van der Waals surface area contributed by atoms with Crippen LogP contribution < -0.4 is 14.9 Å². The summed E-state index contributed by atoms with van der Waals surface area (Å²) in [7, 11) is 0. The van der Waals surface area contributed by atoms with Crippen LogP contribution in [0.25, 0.3) is 0 Å². The molecule has 0 bridgehead atoms. The molecule has 1 fully saturated rings. The second kappa shape index (κ2) is 12.1. The number of carboxylic acid groups (broad SMARTS) is 1. The van der Waals surface area contributed by atoms with Crippen LogP contribution in [0.1, 0.15) is 33.6 Å². The van der Waals surface area contributed by atoms with Crippen molar-refractivity contribution >= 4 is 74.4 Å². The molecule has 0 radical (unpaired) electrons. The summed E-state index contributed by atoms with van der Waals surface area (Å²) in [5.41, 5.74) is 1.21. The average Bonchev–Trinajstić information content (AvgIpc) is 3.43. The molecule has 0 saturated carbocycles. The summed E-state index contributed by atoms with van der Waals surface area (Å²) in [6.07, 6.45) is 0. The number of hydrogen-bond acceptors (Lipinski definition) is 10. The minimum Gasteiger partial charge on any atom is -0.483 e. The van der Waals surface area contributed by atoms with Crippen molar-refractivity contribution in [1.82, 2.24) is 9.88 Å². The van der Waals surface area contributed by atoms with Crippen molar-refractivity contribution in [2.45, 2.75) is 23.1 Å². The van der Waals surface area contributed by atoms with Crippen LogP contribution in [0.15, 0.2) is 56.8 Å². The maximum Gasteiger partial charge on any atom is 0.338 e. The molecule has 2 aliphatic heterocycles. The highest BCUT2D eigenvalue weighted by Gasteiger charge is 2.56. The van der Waals surface area contributed by atoms with Crippen LogP contribution in [0.3, 0.4) is 0 Å². The molecule has 3 aromatic rings. The van der Waals surface area contributed by atoms with Gasteiger partial charge in [-0.2, -0.15) is 0 Å². The number of benzene rings is 2. The molecule has 0 aliphatic carbocycles. The largest absolute Gasteiger partial charge is 0.483 e. The maximum absolute atomic E-state index is 13.5. The SMILES string of the molecule is CCOC(=O)c1ccc(NC(=O)COc2ccc(Br)cc2[C@@H]2c3sc(=O)[nH]c3SC3C(=O)N(CC(=O)O)C(=O)C32)cc1. The Morgan fingerprint density at radius 1 is 1.10 bits per heavy atom. The number of thiazole rings is 1. The van der Waals surface area contributed by atoms with E-state index in [0.29, 0.717) is 31.2 Å². The van der Waals surface area contributed by atoms with Crippen molar-refractivity contribution in [2.75, 3.05) is 25.1 Å². The lowest BCUT2D eigenvalue weighted by Gasteiger charge is -2.31. The van der Waals surface area contributed by atoms with Crippen LogP contribution in [0.4, 0.5) is 5.69 Å². The van der Waals surface area contributed by atoms with Crippen molar-refractivity contribution in [2.24, 2.45) is 5.92 Å². The van der Waals surface area contributed by atoms with Gasteiger partial charge in [0.05, 0.1) is 23.1 Å². The first kappa shape index (κ1) is 29.5. The van der Waals surface area contributed by atoms with E-state index in [9.17, 15) is 33.9 Å². The fraction of sp³-hybridized carbons (Fsp3) is 0.259. The topological polar surface area (TPSA) is 172 Å². The highest BCUT2D eigenvalue weighted by Crippen LogP contribution is 2.54. The first-order valence-electron chi connectivity index (χ1n) is 12.5. The number of carboxylic acids is 1. The number of aliphatic carboxylic acids is 1. The average molecular weight is 677 g/mol. The molecule has 3 heterocycles. The summed E-state index contributed by atoms with van der Waals surface area (Å²) in [6, 6.07) is 11.1. The van der Waals surface area contributed by atoms with E-state index < -0.39 is 59.9 Å². The number of H-pyrrole nitrogens is 1.